The monoisotopic (exact) mass is 505 g/mol. The predicted octanol–water partition coefficient (Wildman–Crippen LogP) is 2.14. The first-order chi connectivity index (χ1) is 17.9. The maximum atomic E-state index is 12.5. The minimum absolute atomic E-state index is 0.209. The normalized spacial score (nSPS) is 13.5. The number of nitrogen functional groups attached to an aromatic ring is 1. The van der Waals surface area contributed by atoms with E-state index >= 15 is 0 Å². The minimum atomic E-state index is -0.833. The van der Waals surface area contributed by atoms with Gasteiger partial charge in [0, 0.05) is 24.9 Å². The van der Waals surface area contributed by atoms with Crippen LogP contribution >= 0.6 is 0 Å². The molecule has 4 heterocycles. The number of carbonyl (C=O) groups is 2. The Kier molecular flexibility index (Phi) is 7.83. The van der Waals surface area contributed by atoms with Crippen molar-refractivity contribution in [1.82, 2.24) is 35.0 Å². The number of rotatable bonds is 5. The standard InChI is InChI=1S/C22H23N9O2.C2H4O2/c1-33-17-10-13(2-3-15(17)29-22(32)16-11-25-8-9-26-16)19-18-20(23)27-12-28-21(18)31(30-19)14-4-6-24-7-5-14;1-2(3)4/h2-3,8-12,14,24H,4-7H2,1H3,(H,29,32)(H2,23,27,28);1H3,(H,3,4). The number of hydrogen-bond acceptors (Lipinski definition) is 10. The Hall–Kier alpha value is -4.65. The molecule has 0 bridgehead atoms. The van der Waals surface area contributed by atoms with Crippen LogP contribution in [-0.4, -0.2) is 66.9 Å². The number of piperidine rings is 1. The van der Waals surface area contributed by atoms with E-state index in [-0.39, 0.29) is 17.6 Å². The van der Waals surface area contributed by atoms with Gasteiger partial charge in [-0.1, -0.05) is 6.07 Å². The summed E-state index contributed by atoms with van der Waals surface area (Å²) in [6, 6.07) is 5.66. The van der Waals surface area contributed by atoms with E-state index in [2.05, 4.69) is 30.6 Å². The Bertz CT molecular complexity index is 1400. The van der Waals surface area contributed by atoms with Gasteiger partial charge in [-0.25, -0.2) is 19.6 Å². The SMILES string of the molecule is CC(=O)O.COc1cc(-c2nn(C3CCNCC3)c3ncnc(N)c23)ccc1NC(=O)c1cnccn1. The Morgan fingerprint density at radius 3 is 2.62 bits per heavy atom. The fraction of sp³-hybridized carbons (Fsp3) is 0.292. The molecule has 4 aromatic rings. The van der Waals surface area contributed by atoms with E-state index in [9.17, 15) is 4.79 Å². The molecule has 1 saturated heterocycles. The molecule has 0 spiro atoms. The van der Waals surface area contributed by atoms with Gasteiger partial charge in [-0.05, 0) is 38.1 Å². The van der Waals surface area contributed by atoms with E-state index in [0.717, 1.165) is 38.4 Å². The van der Waals surface area contributed by atoms with Crippen LogP contribution < -0.4 is 21.1 Å². The average Bonchev–Trinajstić information content (AvgIpc) is 3.30. The summed E-state index contributed by atoms with van der Waals surface area (Å²) in [7, 11) is 1.54. The molecule has 0 radical (unpaired) electrons. The third kappa shape index (κ3) is 5.78. The summed E-state index contributed by atoms with van der Waals surface area (Å²) in [5.74, 6) is -0.369. The smallest absolute Gasteiger partial charge is 0.300 e. The Morgan fingerprint density at radius 1 is 1.19 bits per heavy atom. The first-order valence-electron chi connectivity index (χ1n) is 11.5. The van der Waals surface area contributed by atoms with Gasteiger partial charge in [0.1, 0.15) is 29.3 Å². The number of aliphatic carboxylic acids is 1. The second-order valence-electron chi connectivity index (χ2n) is 8.21. The van der Waals surface area contributed by atoms with Crippen LogP contribution in [-0.2, 0) is 4.79 Å². The molecule has 192 valence electrons. The van der Waals surface area contributed by atoms with Gasteiger partial charge in [0.05, 0.1) is 30.4 Å². The molecule has 1 amide bonds. The quantitative estimate of drug-likeness (QED) is 0.312. The highest BCUT2D eigenvalue weighted by atomic mass is 16.5. The fourth-order valence-corrected chi connectivity index (χ4v) is 4.05. The number of fused-ring (bicyclic) bond motifs is 1. The van der Waals surface area contributed by atoms with Crippen LogP contribution in [0.2, 0.25) is 0 Å². The number of carboxylic acids is 1. The van der Waals surface area contributed by atoms with Crippen LogP contribution in [0, 0.1) is 0 Å². The Balaban J connectivity index is 0.000000747. The van der Waals surface area contributed by atoms with Crippen LogP contribution in [0.15, 0.2) is 43.1 Å². The van der Waals surface area contributed by atoms with Crippen molar-refractivity contribution in [3.63, 3.8) is 0 Å². The second-order valence-corrected chi connectivity index (χ2v) is 8.21. The molecular weight excluding hydrogens is 478 g/mol. The number of ether oxygens (including phenoxy) is 1. The lowest BCUT2D eigenvalue weighted by atomic mass is 10.1. The van der Waals surface area contributed by atoms with Crippen LogP contribution in [0.1, 0.15) is 36.3 Å². The van der Waals surface area contributed by atoms with Gasteiger partial charge in [0.25, 0.3) is 11.9 Å². The molecule has 1 aliphatic rings. The Morgan fingerprint density at radius 2 is 1.95 bits per heavy atom. The summed E-state index contributed by atoms with van der Waals surface area (Å²) >= 11 is 0. The Labute approximate surface area is 212 Å². The number of nitrogens with zero attached hydrogens (tertiary/aromatic N) is 6. The van der Waals surface area contributed by atoms with E-state index in [0.29, 0.717) is 34.0 Å². The summed E-state index contributed by atoms with van der Waals surface area (Å²) in [5.41, 5.74) is 9.13. The number of methoxy groups -OCH3 is 1. The zero-order valence-electron chi connectivity index (χ0n) is 20.4. The van der Waals surface area contributed by atoms with Gasteiger partial charge in [0.15, 0.2) is 5.65 Å². The number of hydrogen-bond donors (Lipinski definition) is 4. The van der Waals surface area contributed by atoms with Gasteiger partial charge in [0.2, 0.25) is 0 Å². The number of benzene rings is 1. The number of nitrogens with two attached hydrogens (primary N) is 1. The molecule has 1 aromatic carbocycles. The van der Waals surface area contributed by atoms with Crippen molar-refractivity contribution in [3.05, 3.63) is 48.8 Å². The van der Waals surface area contributed by atoms with Crippen molar-refractivity contribution in [2.45, 2.75) is 25.8 Å². The fourth-order valence-electron chi connectivity index (χ4n) is 4.05. The number of anilines is 2. The van der Waals surface area contributed by atoms with Gasteiger partial charge in [-0.2, -0.15) is 5.10 Å². The van der Waals surface area contributed by atoms with Crippen molar-refractivity contribution in [2.24, 2.45) is 0 Å². The minimum Gasteiger partial charge on any atom is -0.495 e. The highest BCUT2D eigenvalue weighted by Gasteiger charge is 2.24. The van der Waals surface area contributed by atoms with E-state index < -0.39 is 5.97 Å². The van der Waals surface area contributed by atoms with Gasteiger partial charge < -0.3 is 26.2 Å². The second kappa shape index (κ2) is 11.4. The zero-order chi connectivity index (χ0) is 26.4. The number of amides is 1. The maximum absolute atomic E-state index is 12.5. The number of carbonyl (C=O) groups excluding carboxylic acids is 1. The summed E-state index contributed by atoms with van der Waals surface area (Å²) in [6.07, 6.45) is 7.75. The highest BCUT2D eigenvalue weighted by Crippen LogP contribution is 2.36. The molecule has 13 nitrogen and oxygen atoms in total. The van der Waals surface area contributed by atoms with Crippen molar-refractivity contribution in [3.8, 4) is 17.0 Å². The topological polar surface area (TPSA) is 183 Å². The van der Waals surface area contributed by atoms with E-state index in [1.807, 2.05) is 16.8 Å². The summed E-state index contributed by atoms with van der Waals surface area (Å²) in [6.45, 7) is 2.94. The van der Waals surface area contributed by atoms with Gasteiger partial charge in [-0.15, -0.1) is 0 Å². The van der Waals surface area contributed by atoms with Crippen LogP contribution in [0.4, 0.5) is 11.5 Å². The third-order valence-electron chi connectivity index (χ3n) is 5.69. The van der Waals surface area contributed by atoms with Crippen LogP contribution in [0.25, 0.3) is 22.3 Å². The van der Waals surface area contributed by atoms with Crippen LogP contribution in [0.5, 0.6) is 5.75 Å². The molecule has 37 heavy (non-hydrogen) atoms. The van der Waals surface area contributed by atoms with E-state index in [1.54, 1.807) is 13.2 Å². The zero-order valence-corrected chi connectivity index (χ0v) is 20.4. The van der Waals surface area contributed by atoms with Gasteiger partial charge >= 0.3 is 0 Å². The summed E-state index contributed by atoms with van der Waals surface area (Å²) < 4.78 is 7.51. The molecule has 0 unspecified atom stereocenters. The molecule has 0 aliphatic carbocycles. The highest BCUT2D eigenvalue weighted by molar-refractivity contribution is 6.04. The third-order valence-corrected chi connectivity index (χ3v) is 5.69. The predicted molar refractivity (Wildman–Crippen MR) is 136 cm³/mol. The molecule has 1 fully saturated rings. The van der Waals surface area contributed by atoms with E-state index in [1.165, 1.54) is 24.9 Å². The van der Waals surface area contributed by atoms with E-state index in [4.69, 9.17) is 25.5 Å². The lowest BCUT2D eigenvalue weighted by Gasteiger charge is -2.23. The molecule has 3 aromatic heterocycles. The summed E-state index contributed by atoms with van der Waals surface area (Å²) in [5, 5.41) is 19.2. The number of aromatic nitrogens is 6. The molecular formula is C24H27N9O4. The first kappa shape index (κ1) is 25.4. The summed E-state index contributed by atoms with van der Waals surface area (Å²) in [4.78, 5) is 38.1. The molecule has 13 heteroatoms. The van der Waals surface area contributed by atoms with Crippen molar-refractivity contribution < 1.29 is 19.4 Å². The van der Waals surface area contributed by atoms with Crippen LogP contribution in [0.3, 0.4) is 0 Å². The molecule has 5 N–H and O–H groups in total. The lowest BCUT2D eigenvalue weighted by Crippen LogP contribution is -2.30. The molecule has 0 atom stereocenters. The van der Waals surface area contributed by atoms with Crippen molar-refractivity contribution >= 4 is 34.4 Å². The van der Waals surface area contributed by atoms with Gasteiger partial charge in [-0.3, -0.25) is 14.6 Å². The molecule has 5 rings (SSSR count). The van der Waals surface area contributed by atoms with Crippen molar-refractivity contribution in [1.29, 1.82) is 0 Å². The maximum Gasteiger partial charge on any atom is 0.300 e. The molecule has 1 aliphatic heterocycles. The largest absolute Gasteiger partial charge is 0.495 e. The van der Waals surface area contributed by atoms with Crippen molar-refractivity contribution in [2.75, 3.05) is 31.2 Å². The number of carboxylic acid groups (broad SMARTS) is 1. The molecule has 0 saturated carbocycles. The first-order valence-corrected chi connectivity index (χ1v) is 11.5. The number of nitrogens with one attached hydrogen (secondary N) is 2. The lowest BCUT2D eigenvalue weighted by molar-refractivity contribution is -0.134. The average molecular weight is 506 g/mol.